The van der Waals surface area contributed by atoms with Crippen molar-refractivity contribution in [2.75, 3.05) is 0 Å². The van der Waals surface area contributed by atoms with Gasteiger partial charge in [-0.1, -0.05) is 12.1 Å². The number of carboxylic acid groups (broad SMARTS) is 1. The van der Waals surface area contributed by atoms with Crippen molar-refractivity contribution < 1.29 is 32.6 Å². The molecular weight excluding hydrogens is 220 g/mol. The number of para-hydroxylation sites is 1. The van der Waals surface area contributed by atoms with E-state index in [2.05, 4.69) is 0 Å². The molecule has 3 nitrogen and oxygen atoms in total. The summed E-state index contributed by atoms with van der Waals surface area (Å²) in [7, 11) is 0. The highest BCUT2D eigenvalue weighted by Gasteiger charge is 2.38. The molecule has 0 atom stereocenters. The maximum Gasteiger partial charge on any atom is 0.490 e. The largest absolute Gasteiger partial charge is 0.505 e. The number of carboxylic acids is 1. The van der Waals surface area contributed by atoms with Crippen LogP contribution in [0.3, 0.4) is 0 Å². The second-order valence-corrected chi connectivity index (χ2v) is 2.25. The minimum Gasteiger partial charge on any atom is -0.505 e. The Bertz CT molecular complexity index is 314. The van der Waals surface area contributed by atoms with Crippen molar-refractivity contribution in [3.05, 3.63) is 30.1 Å². The van der Waals surface area contributed by atoms with Gasteiger partial charge in [0.15, 0.2) is 11.6 Å². The summed E-state index contributed by atoms with van der Waals surface area (Å²) in [5.41, 5.74) is 0. The highest BCUT2D eigenvalue weighted by molar-refractivity contribution is 5.73. The molecule has 0 spiro atoms. The second kappa shape index (κ2) is 5.18. The van der Waals surface area contributed by atoms with Gasteiger partial charge in [0, 0.05) is 0 Å². The number of rotatable bonds is 0. The first-order valence-electron chi connectivity index (χ1n) is 3.48. The predicted molar refractivity (Wildman–Crippen MR) is 41.8 cm³/mol. The van der Waals surface area contributed by atoms with Gasteiger partial charge in [0.05, 0.1) is 0 Å². The molecule has 0 fully saturated rings. The van der Waals surface area contributed by atoms with Crippen LogP contribution in [0.1, 0.15) is 0 Å². The lowest BCUT2D eigenvalue weighted by Gasteiger charge is -1.93. The van der Waals surface area contributed by atoms with E-state index in [0.29, 0.717) is 0 Å². The van der Waals surface area contributed by atoms with Crippen molar-refractivity contribution in [1.82, 2.24) is 0 Å². The fourth-order valence-corrected chi connectivity index (χ4v) is 0.452. The minimum absolute atomic E-state index is 0.299. The van der Waals surface area contributed by atoms with E-state index in [0.717, 1.165) is 0 Å². The van der Waals surface area contributed by atoms with Crippen molar-refractivity contribution in [1.29, 1.82) is 0 Å². The zero-order valence-electron chi connectivity index (χ0n) is 7.12. The molecule has 7 heteroatoms. The molecule has 2 N–H and O–H groups in total. The standard InChI is InChI=1S/C6H5FO.C2HF3O2/c7-5-3-1-2-4-6(5)8;3-2(4,5)1(6)7/h1-4,8H;(H,6,7). The summed E-state index contributed by atoms with van der Waals surface area (Å²) in [6.45, 7) is 0. The molecular formula is C8H6F4O3. The van der Waals surface area contributed by atoms with E-state index in [1.807, 2.05) is 0 Å². The monoisotopic (exact) mass is 226 g/mol. The lowest BCUT2D eigenvalue weighted by Crippen LogP contribution is -2.21. The SMILES string of the molecule is O=C(O)C(F)(F)F.Oc1ccccc1F. The van der Waals surface area contributed by atoms with Gasteiger partial charge >= 0.3 is 12.1 Å². The van der Waals surface area contributed by atoms with E-state index in [9.17, 15) is 17.6 Å². The molecule has 0 radical (unpaired) electrons. The number of hydrogen-bond acceptors (Lipinski definition) is 2. The second-order valence-electron chi connectivity index (χ2n) is 2.25. The Kier molecular flexibility index (Phi) is 4.56. The first-order valence-corrected chi connectivity index (χ1v) is 3.48. The molecule has 0 saturated carbocycles. The summed E-state index contributed by atoms with van der Waals surface area (Å²) in [5.74, 6) is -3.63. The number of carbonyl (C=O) groups is 1. The molecule has 1 aromatic rings. The van der Waals surface area contributed by atoms with E-state index in [1.54, 1.807) is 6.07 Å². The average molecular weight is 226 g/mol. The third-order valence-corrected chi connectivity index (χ3v) is 1.09. The molecule has 0 unspecified atom stereocenters. The molecule has 84 valence electrons. The normalized spacial score (nSPS) is 10.1. The van der Waals surface area contributed by atoms with E-state index in [1.165, 1.54) is 18.2 Å². The van der Waals surface area contributed by atoms with Crippen molar-refractivity contribution in [3.63, 3.8) is 0 Å². The van der Waals surface area contributed by atoms with Gasteiger partial charge < -0.3 is 10.2 Å². The summed E-state index contributed by atoms with van der Waals surface area (Å²) in [6.07, 6.45) is -5.08. The predicted octanol–water partition coefficient (Wildman–Crippen LogP) is 2.16. The van der Waals surface area contributed by atoms with E-state index < -0.39 is 18.0 Å². The molecule has 0 aliphatic carbocycles. The highest BCUT2D eigenvalue weighted by atomic mass is 19.4. The molecule has 0 aromatic heterocycles. The lowest BCUT2D eigenvalue weighted by atomic mass is 10.3. The Morgan fingerprint density at radius 1 is 1.20 bits per heavy atom. The zero-order valence-corrected chi connectivity index (χ0v) is 7.12. The van der Waals surface area contributed by atoms with Gasteiger partial charge in [0.1, 0.15) is 0 Å². The minimum atomic E-state index is -5.08. The summed E-state index contributed by atoms with van der Waals surface area (Å²) in [5, 5.41) is 15.7. The van der Waals surface area contributed by atoms with Crippen LogP contribution in [0.25, 0.3) is 0 Å². The van der Waals surface area contributed by atoms with Crippen LogP contribution in [-0.4, -0.2) is 22.4 Å². The van der Waals surface area contributed by atoms with Crippen molar-refractivity contribution in [3.8, 4) is 5.75 Å². The Morgan fingerprint density at radius 2 is 1.60 bits per heavy atom. The van der Waals surface area contributed by atoms with Gasteiger partial charge in [-0.05, 0) is 12.1 Å². The third kappa shape index (κ3) is 5.50. The van der Waals surface area contributed by atoms with Gasteiger partial charge in [-0.15, -0.1) is 0 Å². The van der Waals surface area contributed by atoms with Gasteiger partial charge in [-0.25, -0.2) is 9.18 Å². The van der Waals surface area contributed by atoms with Crippen LogP contribution >= 0.6 is 0 Å². The molecule has 0 aliphatic heterocycles. The van der Waals surface area contributed by atoms with Crippen LogP contribution < -0.4 is 0 Å². The molecule has 0 heterocycles. The van der Waals surface area contributed by atoms with Crippen LogP contribution in [-0.2, 0) is 4.79 Å². The highest BCUT2D eigenvalue weighted by Crippen LogP contribution is 2.13. The van der Waals surface area contributed by atoms with Crippen LogP contribution in [0.2, 0.25) is 0 Å². The van der Waals surface area contributed by atoms with Crippen LogP contribution in [0.15, 0.2) is 24.3 Å². The van der Waals surface area contributed by atoms with Crippen LogP contribution in [0.5, 0.6) is 5.75 Å². The maximum atomic E-state index is 12.1. The fraction of sp³-hybridized carbons (Fsp3) is 0.125. The average Bonchev–Trinajstić information content (AvgIpc) is 2.09. The molecule has 1 rings (SSSR count). The third-order valence-electron chi connectivity index (χ3n) is 1.09. The molecule has 1 aromatic carbocycles. The molecule has 0 bridgehead atoms. The topological polar surface area (TPSA) is 57.5 Å². The first kappa shape index (κ1) is 13.2. The summed E-state index contributed by atoms with van der Waals surface area (Å²) >= 11 is 0. The molecule has 0 aliphatic rings. The Balaban J connectivity index is 0.000000265. The Hall–Kier alpha value is -1.79. The van der Waals surface area contributed by atoms with Crippen molar-refractivity contribution in [2.45, 2.75) is 6.18 Å². The van der Waals surface area contributed by atoms with Gasteiger partial charge in [0.25, 0.3) is 0 Å². The zero-order chi connectivity index (χ0) is 12.1. The smallest absolute Gasteiger partial charge is 0.490 e. The van der Waals surface area contributed by atoms with Crippen molar-refractivity contribution >= 4 is 5.97 Å². The van der Waals surface area contributed by atoms with E-state index in [-0.39, 0.29) is 5.75 Å². The van der Waals surface area contributed by atoms with E-state index in [4.69, 9.17) is 15.0 Å². The number of halogens is 4. The number of aromatic hydroxyl groups is 1. The molecule has 0 saturated heterocycles. The van der Waals surface area contributed by atoms with E-state index >= 15 is 0 Å². The van der Waals surface area contributed by atoms with Crippen molar-refractivity contribution in [2.24, 2.45) is 0 Å². The van der Waals surface area contributed by atoms with Gasteiger partial charge in [-0.3, -0.25) is 0 Å². The van der Waals surface area contributed by atoms with Crippen LogP contribution in [0, 0.1) is 5.82 Å². The molecule has 15 heavy (non-hydrogen) atoms. The Labute approximate surface area is 81.6 Å². The molecule has 0 amide bonds. The maximum absolute atomic E-state index is 12.1. The summed E-state index contributed by atoms with van der Waals surface area (Å²) in [6, 6.07) is 5.60. The number of phenols is 1. The number of benzene rings is 1. The van der Waals surface area contributed by atoms with Gasteiger partial charge in [-0.2, -0.15) is 13.2 Å². The summed E-state index contributed by atoms with van der Waals surface area (Å²) in [4.78, 5) is 8.90. The number of phenolic OH excluding ortho intramolecular Hbond substituents is 1. The number of alkyl halides is 3. The fourth-order valence-electron chi connectivity index (χ4n) is 0.452. The van der Waals surface area contributed by atoms with Crippen LogP contribution in [0.4, 0.5) is 17.6 Å². The van der Waals surface area contributed by atoms with Gasteiger partial charge in [0.2, 0.25) is 0 Å². The first-order chi connectivity index (χ1) is 6.75. The Morgan fingerprint density at radius 3 is 1.80 bits per heavy atom. The number of hydrogen-bond donors (Lipinski definition) is 2. The lowest BCUT2D eigenvalue weighted by molar-refractivity contribution is -0.192. The number of aliphatic carboxylic acids is 1. The quantitative estimate of drug-likeness (QED) is 0.666. The summed E-state index contributed by atoms with van der Waals surface area (Å²) < 4.78 is 43.8.